The second kappa shape index (κ2) is 6.89. The average molecular weight is 374 g/mol. The van der Waals surface area contributed by atoms with Crippen molar-refractivity contribution >= 4 is 21.7 Å². The quantitative estimate of drug-likeness (QED) is 0.681. The second-order valence-electron chi connectivity index (χ2n) is 5.18. The predicted molar refractivity (Wildman–Crippen MR) is 92.7 cm³/mol. The van der Waals surface area contributed by atoms with E-state index in [9.17, 15) is 13.2 Å². The molecule has 0 bridgehead atoms. The number of benzene rings is 2. The first-order valence-corrected chi connectivity index (χ1v) is 8.84. The molecular weight excluding hydrogens is 360 g/mol. The molecule has 0 saturated heterocycles. The van der Waals surface area contributed by atoms with Crippen LogP contribution in [0.5, 0.6) is 5.75 Å². The van der Waals surface area contributed by atoms with Crippen LogP contribution in [0.2, 0.25) is 0 Å². The summed E-state index contributed by atoms with van der Waals surface area (Å²) in [7, 11) is -2.77. The minimum Gasteiger partial charge on any atom is -0.495 e. The van der Waals surface area contributed by atoms with Gasteiger partial charge in [0.25, 0.3) is 15.1 Å². The van der Waals surface area contributed by atoms with Gasteiger partial charge in [-0.1, -0.05) is 18.2 Å². The van der Waals surface area contributed by atoms with Crippen LogP contribution in [0.1, 0.15) is 10.4 Å². The van der Waals surface area contributed by atoms with Crippen LogP contribution in [0.3, 0.4) is 0 Å². The summed E-state index contributed by atoms with van der Waals surface area (Å²) in [5, 5.41) is 8.63. The minimum absolute atomic E-state index is 0.0316. The molecule has 2 N–H and O–H groups in total. The van der Waals surface area contributed by atoms with Crippen molar-refractivity contribution in [1.82, 2.24) is 4.98 Å². The summed E-state index contributed by atoms with van der Waals surface area (Å²) in [4.78, 5) is 15.0. The van der Waals surface area contributed by atoms with Gasteiger partial charge in [0.2, 0.25) is 5.89 Å². The van der Waals surface area contributed by atoms with E-state index in [1.54, 1.807) is 24.3 Å². The standard InChI is InChI=1S/C17H14N2O6S/c1-24-14-9-12(17(20)21)7-8-13(14)19-26(22,23)15-10-18-16(25-15)11-5-3-2-4-6-11/h2-10,19H,1H3,(H,20,21). The fourth-order valence-corrected chi connectivity index (χ4v) is 3.14. The van der Waals surface area contributed by atoms with Crippen LogP contribution >= 0.6 is 0 Å². The van der Waals surface area contributed by atoms with Gasteiger partial charge in [-0.3, -0.25) is 4.72 Å². The normalized spacial score (nSPS) is 11.1. The number of aromatic nitrogens is 1. The number of hydrogen-bond acceptors (Lipinski definition) is 6. The third-order valence-electron chi connectivity index (χ3n) is 3.46. The Hall–Kier alpha value is -3.33. The monoisotopic (exact) mass is 374 g/mol. The number of carboxylic acid groups (broad SMARTS) is 1. The zero-order valence-electron chi connectivity index (χ0n) is 13.5. The smallest absolute Gasteiger partial charge is 0.335 e. The molecule has 0 aliphatic carbocycles. The van der Waals surface area contributed by atoms with Gasteiger partial charge in [-0.05, 0) is 30.3 Å². The van der Waals surface area contributed by atoms with Crippen molar-refractivity contribution in [3.05, 3.63) is 60.3 Å². The van der Waals surface area contributed by atoms with Crippen LogP contribution in [0.4, 0.5) is 5.69 Å². The molecule has 0 aliphatic heterocycles. The van der Waals surface area contributed by atoms with Crippen LogP contribution < -0.4 is 9.46 Å². The van der Waals surface area contributed by atoms with Gasteiger partial charge in [0, 0.05) is 5.56 Å². The number of rotatable bonds is 6. The molecule has 0 radical (unpaired) electrons. The van der Waals surface area contributed by atoms with Gasteiger partial charge in [0.05, 0.1) is 24.6 Å². The van der Waals surface area contributed by atoms with E-state index < -0.39 is 16.0 Å². The van der Waals surface area contributed by atoms with Gasteiger partial charge in [-0.2, -0.15) is 8.42 Å². The number of anilines is 1. The van der Waals surface area contributed by atoms with Gasteiger partial charge in [0.1, 0.15) is 5.75 Å². The van der Waals surface area contributed by atoms with Gasteiger partial charge in [-0.25, -0.2) is 9.78 Å². The Labute approximate surface area is 149 Å². The maximum Gasteiger partial charge on any atom is 0.335 e. The number of nitrogens with one attached hydrogen (secondary N) is 1. The number of ether oxygens (including phenoxy) is 1. The first-order chi connectivity index (χ1) is 12.4. The number of oxazole rings is 1. The van der Waals surface area contributed by atoms with Crippen molar-refractivity contribution in [3.63, 3.8) is 0 Å². The lowest BCUT2D eigenvalue weighted by molar-refractivity contribution is 0.0696. The third kappa shape index (κ3) is 3.52. The lowest BCUT2D eigenvalue weighted by atomic mass is 10.2. The van der Waals surface area contributed by atoms with E-state index in [0.717, 1.165) is 6.20 Å². The molecule has 9 heteroatoms. The third-order valence-corrected chi connectivity index (χ3v) is 4.67. The molecule has 2 aromatic carbocycles. The number of hydrogen-bond donors (Lipinski definition) is 2. The minimum atomic E-state index is -4.07. The van der Waals surface area contributed by atoms with E-state index in [0.29, 0.717) is 5.56 Å². The van der Waals surface area contributed by atoms with Crippen molar-refractivity contribution in [3.8, 4) is 17.2 Å². The fourth-order valence-electron chi connectivity index (χ4n) is 2.20. The number of nitrogens with zero attached hydrogens (tertiary/aromatic N) is 1. The molecule has 0 amide bonds. The Balaban J connectivity index is 1.90. The maximum atomic E-state index is 12.5. The molecule has 3 rings (SSSR count). The first-order valence-electron chi connectivity index (χ1n) is 7.36. The predicted octanol–water partition coefficient (Wildman–Crippen LogP) is 2.85. The molecule has 0 aliphatic rings. The molecule has 0 atom stereocenters. The molecule has 8 nitrogen and oxygen atoms in total. The number of carbonyl (C=O) groups is 1. The SMILES string of the molecule is COc1cc(C(=O)O)ccc1NS(=O)(=O)c1cnc(-c2ccccc2)o1. The van der Waals surface area contributed by atoms with Gasteiger partial charge < -0.3 is 14.3 Å². The average Bonchev–Trinajstić information content (AvgIpc) is 3.13. The first kappa shape index (κ1) is 17.5. The summed E-state index contributed by atoms with van der Waals surface area (Å²) in [6.07, 6.45) is 1.10. The zero-order valence-corrected chi connectivity index (χ0v) is 14.4. The molecular formula is C17H14N2O6S. The molecule has 26 heavy (non-hydrogen) atoms. The van der Waals surface area contributed by atoms with E-state index in [1.807, 2.05) is 6.07 Å². The van der Waals surface area contributed by atoms with Crippen molar-refractivity contribution in [2.24, 2.45) is 0 Å². The number of carboxylic acids is 1. The highest BCUT2D eigenvalue weighted by molar-refractivity contribution is 7.92. The zero-order chi connectivity index (χ0) is 18.7. The van der Waals surface area contributed by atoms with Crippen LogP contribution in [0.25, 0.3) is 11.5 Å². The fraction of sp³-hybridized carbons (Fsp3) is 0.0588. The summed E-state index contributed by atoms with van der Waals surface area (Å²) in [5.41, 5.74) is 0.684. The van der Waals surface area contributed by atoms with E-state index in [4.69, 9.17) is 14.3 Å². The Bertz CT molecular complexity index is 1040. The Morgan fingerprint density at radius 3 is 2.58 bits per heavy atom. The molecule has 134 valence electrons. The lowest BCUT2D eigenvalue weighted by Crippen LogP contribution is -2.13. The molecule has 0 saturated carbocycles. The second-order valence-corrected chi connectivity index (χ2v) is 6.79. The van der Waals surface area contributed by atoms with Crippen molar-refractivity contribution in [2.45, 2.75) is 5.09 Å². The van der Waals surface area contributed by atoms with Crippen LogP contribution in [0.15, 0.2) is 64.2 Å². The molecule has 3 aromatic rings. The van der Waals surface area contributed by atoms with Gasteiger partial charge in [0.15, 0.2) is 0 Å². The molecule has 0 spiro atoms. The van der Waals surface area contributed by atoms with Gasteiger partial charge >= 0.3 is 5.97 Å². The Morgan fingerprint density at radius 1 is 1.19 bits per heavy atom. The van der Waals surface area contributed by atoms with E-state index >= 15 is 0 Å². The van der Waals surface area contributed by atoms with Gasteiger partial charge in [-0.15, -0.1) is 0 Å². The van der Waals surface area contributed by atoms with E-state index in [-0.39, 0.29) is 28.0 Å². The summed E-state index contributed by atoms with van der Waals surface area (Å²) < 4.78 is 37.7. The number of aromatic carboxylic acids is 1. The topological polar surface area (TPSA) is 119 Å². The van der Waals surface area contributed by atoms with Crippen molar-refractivity contribution in [2.75, 3.05) is 11.8 Å². The van der Waals surface area contributed by atoms with Crippen LogP contribution in [0, 0.1) is 0 Å². The molecule has 0 unspecified atom stereocenters. The van der Waals surface area contributed by atoms with E-state index in [2.05, 4.69) is 9.71 Å². The van der Waals surface area contributed by atoms with Crippen molar-refractivity contribution < 1.29 is 27.5 Å². The van der Waals surface area contributed by atoms with Crippen molar-refractivity contribution in [1.29, 1.82) is 0 Å². The Kier molecular flexibility index (Phi) is 4.63. The van der Waals surface area contributed by atoms with E-state index in [1.165, 1.54) is 25.3 Å². The largest absolute Gasteiger partial charge is 0.495 e. The number of methoxy groups -OCH3 is 1. The maximum absolute atomic E-state index is 12.5. The number of sulfonamides is 1. The highest BCUT2D eigenvalue weighted by Crippen LogP contribution is 2.29. The molecule has 1 heterocycles. The summed E-state index contributed by atoms with van der Waals surface area (Å²) in [6.45, 7) is 0. The Morgan fingerprint density at radius 2 is 1.92 bits per heavy atom. The van der Waals surface area contributed by atoms with Crippen LogP contribution in [-0.4, -0.2) is 31.6 Å². The summed E-state index contributed by atoms with van der Waals surface area (Å²) >= 11 is 0. The summed E-state index contributed by atoms with van der Waals surface area (Å²) in [6, 6.07) is 12.6. The highest BCUT2D eigenvalue weighted by atomic mass is 32.2. The molecule has 1 aromatic heterocycles. The van der Waals surface area contributed by atoms with Crippen LogP contribution in [-0.2, 0) is 10.0 Å². The molecule has 0 fully saturated rings. The summed E-state index contributed by atoms with van der Waals surface area (Å²) in [5.74, 6) is -0.920. The lowest BCUT2D eigenvalue weighted by Gasteiger charge is -2.11. The highest BCUT2D eigenvalue weighted by Gasteiger charge is 2.22.